The summed E-state index contributed by atoms with van der Waals surface area (Å²) in [6.45, 7) is 0.539. The Hall–Kier alpha value is -3.88. The molecule has 1 aliphatic heterocycles. The minimum Gasteiger partial charge on any atom is -0.348 e. The highest BCUT2D eigenvalue weighted by atomic mass is 16.2. The number of rotatable bonds is 3. The Morgan fingerprint density at radius 1 is 1.22 bits per heavy atom. The molecule has 1 amide bonds. The summed E-state index contributed by atoms with van der Waals surface area (Å²) in [5, 5.41) is 9.98. The molecule has 9 heteroatoms. The smallest absolute Gasteiger partial charge is 0.277 e. The van der Waals surface area contributed by atoms with Crippen LogP contribution in [-0.2, 0) is 13.6 Å². The van der Waals surface area contributed by atoms with E-state index in [2.05, 4.69) is 25.7 Å². The third-order valence-corrected chi connectivity index (χ3v) is 4.57. The Kier molecular flexibility index (Phi) is 3.17. The van der Waals surface area contributed by atoms with Crippen molar-refractivity contribution in [1.29, 1.82) is 0 Å². The van der Waals surface area contributed by atoms with Gasteiger partial charge in [-0.2, -0.15) is 5.10 Å². The summed E-state index contributed by atoms with van der Waals surface area (Å²) in [4.78, 5) is 31.7. The molecule has 0 unspecified atom stereocenters. The van der Waals surface area contributed by atoms with Gasteiger partial charge in [-0.25, -0.2) is 4.98 Å². The molecule has 0 radical (unpaired) electrons. The molecule has 0 fully saturated rings. The highest BCUT2D eigenvalue weighted by molar-refractivity contribution is 5.99. The number of nitrogens with zero attached hydrogens (tertiary/aromatic N) is 4. The van der Waals surface area contributed by atoms with Gasteiger partial charge in [-0.1, -0.05) is 6.07 Å². The molecular formula is C18H15N7O2. The summed E-state index contributed by atoms with van der Waals surface area (Å²) in [7, 11) is 1.82. The lowest BCUT2D eigenvalue weighted by atomic mass is 10.1. The molecule has 0 saturated heterocycles. The van der Waals surface area contributed by atoms with Gasteiger partial charge in [-0.15, -0.1) is 0 Å². The fourth-order valence-corrected chi connectivity index (χ4v) is 3.29. The minimum atomic E-state index is -0.268. The highest BCUT2D eigenvalue weighted by Gasteiger charge is 2.19. The SMILES string of the molecule is Cn1cc(-n2ccc3nc(Nc4ccc5c(c4)C(=O)NC5)[nH]c(=O)c32)cn1. The van der Waals surface area contributed by atoms with E-state index in [9.17, 15) is 9.59 Å². The molecule has 1 aliphatic rings. The van der Waals surface area contributed by atoms with Crippen molar-refractivity contribution in [3.05, 3.63) is 64.3 Å². The van der Waals surface area contributed by atoms with Crippen molar-refractivity contribution in [2.75, 3.05) is 5.32 Å². The fraction of sp³-hybridized carbons (Fsp3) is 0.111. The van der Waals surface area contributed by atoms with Crippen LogP contribution in [0, 0.1) is 0 Å². The van der Waals surface area contributed by atoms with E-state index in [0.29, 0.717) is 34.8 Å². The first-order valence-corrected chi connectivity index (χ1v) is 8.37. The highest BCUT2D eigenvalue weighted by Crippen LogP contribution is 2.22. The number of carbonyl (C=O) groups is 1. The monoisotopic (exact) mass is 361 g/mol. The van der Waals surface area contributed by atoms with Crippen molar-refractivity contribution in [2.45, 2.75) is 6.54 Å². The standard InChI is InChI=1S/C18H15N7O2/c1-24-9-12(8-20-24)25-5-4-14-15(25)17(27)23-18(22-14)21-11-3-2-10-7-19-16(26)13(10)6-11/h2-6,8-9H,7H2,1H3,(H,19,26)(H2,21,22,23,27). The Morgan fingerprint density at radius 3 is 2.93 bits per heavy atom. The molecule has 1 aromatic carbocycles. The maximum absolute atomic E-state index is 12.6. The number of benzene rings is 1. The fourth-order valence-electron chi connectivity index (χ4n) is 3.29. The van der Waals surface area contributed by atoms with Crippen LogP contribution in [0.1, 0.15) is 15.9 Å². The zero-order valence-electron chi connectivity index (χ0n) is 14.4. The lowest BCUT2D eigenvalue weighted by molar-refractivity contribution is 0.0966. The first kappa shape index (κ1) is 15.4. The van der Waals surface area contributed by atoms with Crippen LogP contribution < -0.4 is 16.2 Å². The van der Waals surface area contributed by atoms with Gasteiger partial charge < -0.3 is 15.2 Å². The summed E-state index contributed by atoms with van der Waals surface area (Å²) in [6.07, 6.45) is 5.29. The third kappa shape index (κ3) is 2.48. The van der Waals surface area contributed by atoms with E-state index in [4.69, 9.17) is 0 Å². The van der Waals surface area contributed by atoms with Gasteiger partial charge in [-0.3, -0.25) is 19.3 Å². The Bertz CT molecular complexity index is 1260. The number of aromatic nitrogens is 5. The first-order chi connectivity index (χ1) is 13.1. The maximum Gasteiger partial charge on any atom is 0.277 e. The van der Waals surface area contributed by atoms with Crippen LogP contribution >= 0.6 is 0 Å². The molecule has 3 N–H and O–H groups in total. The van der Waals surface area contributed by atoms with Gasteiger partial charge >= 0.3 is 0 Å². The summed E-state index contributed by atoms with van der Waals surface area (Å²) in [5.74, 6) is 0.217. The first-order valence-electron chi connectivity index (χ1n) is 8.37. The molecule has 0 atom stereocenters. The Morgan fingerprint density at radius 2 is 2.11 bits per heavy atom. The summed E-state index contributed by atoms with van der Waals surface area (Å²) in [6, 6.07) is 7.26. The van der Waals surface area contributed by atoms with Gasteiger partial charge in [0.2, 0.25) is 5.95 Å². The minimum absolute atomic E-state index is 0.0981. The molecule has 9 nitrogen and oxygen atoms in total. The van der Waals surface area contributed by atoms with E-state index in [1.807, 2.05) is 25.4 Å². The Labute approximate surface area is 152 Å². The van der Waals surface area contributed by atoms with Gasteiger partial charge in [0.1, 0.15) is 5.52 Å². The third-order valence-electron chi connectivity index (χ3n) is 4.57. The van der Waals surface area contributed by atoms with E-state index in [1.54, 1.807) is 33.8 Å². The number of H-pyrrole nitrogens is 1. The second-order valence-electron chi connectivity index (χ2n) is 6.39. The summed E-state index contributed by atoms with van der Waals surface area (Å²) in [5.41, 5.74) is 3.79. The van der Waals surface area contributed by atoms with E-state index < -0.39 is 0 Å². The zero-order chi connectivity index (χ0) is 18.5. The van der Waals surface area contributed by atoms with Crippen LogP contribution in [-0.4, -0.2) is 30.2 Å². The quantitative estimate of drug-likeness (QED) is 0.511. The number of hydrogen-bond acceptors (Lipinski definition) is 5. The second kappa shape index (κ2) is 5.56. The molecule has 0 aliphatic carbocycles. The number of fused-ring (bicyclic) bond motifs is 2. The van der Waals surface area contributed by atoms with E-state index in [1.165, 1.54) is 0 Å². The van der Waals surface area contributed by atoms with Gasteiger partial charge in [0.05, 0.1) is 17.4 Å². The van der Waals surface area contributed by atoms with Crippen molar-refractivity contribution in [3.8, 4) is 5.69 Å². The molecule has 4 heterocycles. The predicted molar refractivity (Wildman–Crippen MR) is 99.4 cm³/mol. The van der Waals surface area contributed by atoms with E-state index in [0.717, 1.165) is 11.3 Å². The maximum atomic E-state index is 12.6. The molecule has 134 valence electrons. The van der Waals surface area contributed by atoms with Gasteiger partial charge in [0, 0.05) is 37.2 Å². The van der Waals surface area contributed by atoms with Crippen molar-refractivity contribution in [2.24, 2.45) is 7.05 Å². The number of amides is 1. The lowest BCUT2D eigenvalue weighted by Gasteiger charge is -2.07. The molecular weight excluding hydrogens is 346 g/mol. The van der Waals surface area contributed by atoms with Gasteiger partial charge in [-0.05, 0) is 23.8 Å². The van der Waals surface area contributed by atoms with Crippen molar-refractivity contribution >= 4 is 28.6 Å². The average Bonchev–Trinajstić information content (AvgIpc) is 3.34. The number of hydrogen-bond donors (Lipinski definition) is 3. The molecule has 27 heavy (non-hydrogen) atoms. The molecule has 0 saturated carbocycles. The number of aromatic amines is 1. The van der Waals surface area contributed by atoms with Crippen LogP contribution in [0.15, 0.2) is 47.7 Å². The molecule has 3 aromatic heterocycles. The second-order valence-corrected chi connectivity index (χ2v) is 6.39. The van der Waals surface area contributed by atoms with Crippen LogP contribution in [0.2, 0.25) is 0 Å². The van der Waals surface area contributed by atoms with Crippen LogP contribution in [0.5, 0.6) is 0 Å². The van der Waals surface area contributed by atoms with Gasteiger partial charge in [0.25, 0.3) is 11.5 Å². The summed E-state index contributed by atoms with van der Waals surface area (Å²) < 4.78 is 3.42. The number of nitrogens with one attached hydrogen (secondary N) is 3. The van der Waals surface area contributed by atoms with Crippen LogP contribution in [0.25, 0.3) is 16.7 Å². The van der Waals surface area contributed by atoms with Crippen molar-refractivity contribution < 1.29 is 4.79 Å². The number of carbonyl (C=O) groups excluding carboxylic acids is 1. The molecule has 5 rings (SSSR count). The van der Waals surface area contributed by atoms with E-state index >= 15 is 0 Å². The van der Waals surface area contributed by atoms with Crippen LogP contribution in [0.3, 0.4) is 0 Å². The van der Waals surface area contributed by atoms with Crippen molar-refractivity contribution in [1.82, 2.24) is 29.6 Å². The normalized spacial score (nSPS) is 13.0. The molecule has 0 bridgehead atoms. The largest absolute Gasteiger partial charge is 0.348 e. The number of anilines is 2. The zero-order valence-corrected chi connectivity index (χ0v) is 14.4. The predicted octanol–water partition coefficient (Wildman–Crippen LogP) is 1.43. The lowest BCUT2D eigenvalue weighted by Crippen LogP contribution is -2.14. The van der Waals surface area contributed by atoms with Gasteiger partial charge in [0.15, 0.2) is 0 Å². The topological polar surface area (TPSA) is 110 Å². The van der Waals surface area contributed by atoms with Crippen molar-refractivity contribution in [3.63, 3.8) is 0 Å². The van der Waals surface area contributed by atoms with E-state index in [-0.39, 0.29) is 11.5 Å². The Balaban J connectivity index is 1.53. The van der Waals surface area contributed by atoms with Crippen LogP contribution in [0.4, 0.5) is 11.6 Å². The molecule has 4 aromatic rings. The molecule has 0 spiro atoms. The summed E-state index contributed by atoms with van der Waals surface area (Å²) >= 11 is 0. The average molecular weight is 361 g/mol. The number of aryl methyl sites for hydroxylation is 1.